The van der Waals surface area contributed by atoms with Gasteiger partial charge < -0.3 is 17.2 Å². The second kappa shape index (κ2) is 13.2. The van der Waals surface area contributed by atoms with Crippen molar-refractivity contribution in [3.8, 4) is 0 Å². The molecule has 0 bridgehead atoms. The summed E-state index contributed by atoms with van der Waals surface area (Å²) >= 11 is 0. The van der Waals surface area contributed by atoms with Gasteiger partial charge in [0.15, 0.2) is 5.71 Å². The van der Waals surface area contributed by atoms with Crippen molar-refractivity contribution in [3.05, 3.63) is 88.8 Å². The van der Waals surface area contributed by atoms with Crippen molar-refractivity contribution in [1.82, 2.24) is 0 Å². The number of hydrazone groups is 1. The van der Waals surface area contributed by atoms with Gasteiger partial charge in [0, 0.05) is 5.69 Å². The summed E-state index contributed by atoms with van der Waals surface area (Å²) in [5.74, 6) is -1.22. The molecule has 4 aromatic carbocycles. The number of hydrogen-bond acceptors (Lipinski definition) is 16. The first-order chi connectivity index (χ1) is 23.3. The van der Waals surface area contributed by atoms with Gasteiger partial charge in [0.25, 0.3) is 30.4 Å². The molecule has 258 valence electrons. The first-order valence-electron chi connectivity index (χ1n) is 13.5. The molecule has 0 fully saturated rings. The lowest BCUT2D eigenvalue weighted by atomic mass is 9.92. The Kier molecular flexibility index (Phi) is 9.33. The van der Waals surface area contributed by atoms with Crippen molar-refractivity contribution in [2.24, 2.45) is 25.6 Å². The average molecular weight is 742 g/mol. The molecule has 0 aliphatic heterocycles. The number of nitrogen functional groups attached to an aromatic ring is 3. The second-order valence-corrected chi connectivity index (χ2v) is 14.4. The number of Topliss-reactive ketones (excluding diaryl/α,β-unsaturated/α-hetero) is 1. The number of hydrogen-bond donors (Lipinski definition) is 7. The summed E-state index contributed by atoms with van der Waals surface area (Å²) in [7, 11) is -14.8. The Balaban J connectivity index is 1.52. The molecule has 1 aliphatic carbocycles. The van der Waals surface area contributed by atoms with Crippen molar-refractivity contribution >= 4 is 93.4 Å². The minimum absolute atomic E-state index is 0.0178. The maximum Gasteiger partial charge on any atom is 0.296 e. The van der Waals surface area contributed by atoms with E-state index in [0.717, 1.165) is 24.3 Å². The molecule has 22 heteroatoms. The summed E-state index contributed by atoms with van der Waals surface area (Å²) in [6, 6.07) is 15.5. The van der Waals surface area contributed by atoms with Crippen LogP contribution in [0.25, 0.3) is 6.08 Å². The van der Waals surface area contributed by atoms with Crippen LogP contribution in [-0.2, 0) is 30.4 Å². The Hall–Kier alpha value is -5.91. The summed E-state index contributed by atoms with van der Waals surface area (Å²) in [4.78, 5) is 11.2. The Morgan fingerprint density at radius 1 is 0.660 bits per heavy atom. The van der Waals surface area contributed by atoms with Gasteiger partial charge in [-0.25, -0.2) is 0 Å². The first kappa shape index (κ1) is 35.4. The number of allylic oxidation sites excluding steroid dienone is 1. The van der Waals surface area contributed by atoms with Crippen molar-refractivity contribution in [1.29, 1.82) is 0 Å². The number of azo groups is 2. The molecule has 0 spiro atoms. The third kappa shape index (κ3) is 7.70. The lowest BCUT2D eigenvalue weighted by Gasteiger charge is -2.20. The standard InChI is InChI=1S/C28H23N9O10S3/c29-15-1-10-21(20(30)13-15)35-32-16-2-4-17(5-3-16)33-36-26-22(49(42,43)44)11-14-12-23(50(45,46)47)27(28(38)24(14)25(26)31)37-34-18-6-8-19(9-7-18)48(39,40)41/h1-13,34H,29-31H2,(H,39,40,41)(H,42,43,44)(H,45,46,47). The highest BCUT2D eigenvalue weighted by Gasteiger charge is 2.37. The fourth-order valence-corrected chi connectivity index (χ4v) is 6.20. The number of nitrogens with zero attached hydrogens (tertiary/aromatic N) is 5. The van der Waals surface area contributed by atoms with Gasteiger partial charge >= 0.3 is 0 Å². The summed E-state index contributed by atoms with van der Waals surface area (Å²) in [5, 5.41) is 19.7. The molecule has 19 nitrogen and oxygen atoms in total. The van der Waals surface area contributed by atoms with Gasteiger partial charge in [-0.2, -0.15) is 40.6 Å². The van der Waals surface area contributed by atoms with E-state index in [-0.39, 0.29) is 11.4 Å². The maximum atomic E-state index is 13.6. The average Bonchev–Trinajstić information content (AvgIpc) is 3.02. The van der Waals surface area contributed by atoms with Gasteiger partial charge in [-0.1, -0.05) is 0 Å². The van der Waals surface area contributed by atoms with Crippen LogP contribution in [0.4, 0.5) is 45.5 Å². The van der Waals surface area contributed by atoms with Gasteiger partial charge in [-0.15, -0.1) is 10.2 Å². The van der Waals surface area contributed by atoms with Gasteiger partial charge in [-0.05, 0) is 84.4 Å². The number of ketones is 1. The molecule has 0 saturated heterocycles. The van der Waals surface area contributed by atoms with Crippen LogP contribution in [-0.4, -0.2) is 50.4 Å². The fourth-order valence-electron chi connectivity index (χ4n) is 4.39. The molecule has 4 aromatic rings. The Morgan fingerprint density at radius 2 is 1.26 bits per heavy atom. The van der Waals surface area contributed by atoms with Crippen molar-refractivity contribution in [3.63, 3.8) is 0 Å². The van der Waals surface area contributed by atoms with Crippen molar-refractivity contribution < 1.29 is 43.7 Å². The van der Waals surface area contributed by atoms with Crippen LogP contribution >= 0.6 is 0 Å². The van der Waals surface area contributed by atoms with E-state index in [9.17, 15) is 39.2 Å². The highest BCUT2D eigenvalue weighted by Crippen LogP contribution is 2.41. The van der Waals surface area contributed by atoms with Crippen molar-refractivity contribution in [2.45, 2.75) is 9.79 Å². The lowest BCUT2D eigenvalue weighted by molar-refractivity contribution is 0.106. The minimum Gasteiger partial charge on any atom is -0.399 e. The second-order valence-electron chi connectivity index (χ2n) is 10.2. The molecule has 0 aromatic heterocycles. The highest BCUT2D eigenvalue weighted by atomic mass is 32.2. The number of carbonyl (C=O) groups excluding carboxylic acids is 1. The first-order valence-corrected chi connectivity index (χ1v) is 17.8. The normalized spacial score (nSPS) is 14.7. The molecule has 0 atom stereocenters. The van der Waals surface area contributed by atoms with E-state index in [1.54, 1.807) is 12.1 Å². The zero-order valence-electron chi connectivity index (χ0n) is 24.9. The number of anilines is 4. The number of benzene rings is 4. The lowest BCUT2D eigenvalue weighted by Crippen LogP contribution is -2.28. The van der Waals surface area contributed by atoms with E-state index in [1.807, 2.05) is 0 Å². The number of nitrogens with one attached hydrogen (secondary N) is 1. The smallest absolute Gasteiger partial charge is 0.296 e. The summed E-state index contributed by atoms with van der Waals surface area (Å²) in [6.07, 6.45) is 0.700. The van der Waals surface area contributed by atoms with Crippen molar-refractivity contribution in [2.75, 3.05) is 22.6 Å². The third-order valence-corrected chi connectivity index (χ3v) is 9.34. The minimum atomic E-state index is -5.19. The van der Waals surface area contributed by atoms with E-state index >= 15 is 0 Å². The van der Waals surface area contributed by atoms with Crippen LogP contribution in [0.5, 0.6) is 0 Å². The molecule has 0 unspecified atom stereocenters. The van der Waals surface area contributed by atoms with E-state index in [4.69, 9.17) is 21.8 Å². The predicted octanol–water partition coefficient (Wildman–Crippen LogP) is 4.65. The molecule has 0 radical (unpaired) electrons. The van der Waals surface area contributed by atoms with Gasteiger partial charge in [0.1, 0.15) is 21.2 Å². The molecule has 0 heterocycles. The summed E-state index contributed by atoms with van der Waals surface area (Å²) in [5.41, 5.74) is 18.6. The Bertz CT molecular complexity index is 2520. The molecular weight excluding hydrogens is 719 g/mol. The van der Waals surface area contributed by atoms with E-state index in [1.165, 1.54) is 30.3 Å². The monoisotopic (exact) mass is 741 g/mol. The van der Waals surface area contributed by atoms with Crippen LogP contribution in [0.1, 0.15) is 15.9 Å². The van der Waals surface area contributed by atoms with E-state index in [0.29, 0.717) is 34.9 Å². The van der Waals surface area contributed by atoms with Crippen LogP contribution in [0.3, 0.4) is 0 Å². The molecule has 5 rings (SSSR count). The van der Waals surface area contributed by atoms with Crippen LogP contribution < -0.4 is 22.6 Å². The highest BCUT2D eigenvalue weighted by molar-refractivity contribution is 7.91. The number of carbonyl (C=O) groups is 1. The van der Waals surface area contributed by atoms with Gasteiger partial charge in [0.2, 0.25) is 5.78 Å². The molecule has 0 saturated carbocycles. The van der Waals surface area contributed by atoms with Crippen LogP contribution in [0, 0.1) is 0 Å². The van der Waals surface area contributed by atoms with E-state index < -0.39 is 79.0 Å². The van der Waals surface area contributed by atoms with Gasteiger partial charge in [0.05, 0.1) is 38.9 Å². The zero-order valence-corrected chi connectivity index (χ0v) is 27.3. The summed E-state index contributed by atoms with van der Waals surface area (Å²) in [6.45, 7) is 0. The largest absolute Gasteiger partial charge is 0.399 e. The van der Waals surface area contributed by atoms with Gasteiger partial charge in [-0.3, -0.25) is 23.9 Å². The molecule has 0 amide bonds. The summed E-state index contributed by atoms with van der Waals surface area (Å²) < 4.78 is 101. The molecule has 10 N–H and O–H groups in total. The molecule has 50 heavy (non-hydrogen) atoms. The zero-order chi connectivity index (χ0) is 36.6. The molecular formula is C28H23N9O10S3. The SMILES string of the molecule is Nc1ccc(N=Nc2ccc(N=Nc3c(S(=O)(=O)O)cc4c(c3N)C(=O)C(=NNc3ccc(S(=O)(=O)O)cc3)C(S(=O)(=O)O)=C4)cc2)c(N)c1. The third-order valence-electron chi connectivity index (χ3n) is 6.74. The van der Waals surface area contributed by atoms with Crippen LogP contribution in [0.15, 0.2) is 113 Å². The topological polar surface area (TPSA) is 332 Å². The number of rotatable bonds is 9. The van der Waals surface area contributed by atoms with E-state index in [2.05, 4.69) is 31.0 Å². The Morgan fingerprint density at radius 3 is 1.80 bits per heavy atom. The number of nitrogens with two attached hydrogens (primary N) is 3. The quantitative estimate of drug-likeness (QED) is 0.0531. The predicted molar refractivity (Wildman–Crippen MR) is 182 cm³/mol. The van der Waals surface area contributed by atoms with Crippen LogP contribution in [0.2, 0.25) is 0 Å². The number of fused-ring (bicyclic) bond motifs is 1. The maximum absolute atomic E-state index is 13.6. The molecule has 1 aliphatic rings. The Labute approximate surface area is 283 Å². The fraction of sp³-hybridized carbons (Fsp3) is 0.